The molecule has 0 bridgehead atoms. The van der Waals surface area contributed by atoms with Gasteiger partial charge in [-0.2, -0.15) is 0 Å². The van der Waals surface area contributed by atoms with Gasteiger partial charge in [0.05, 0.1) is 0 Å². The maximum absolute atomic E-state index is 13.0. The van der Waals surface area contributed by atoms with Crippen molar-refractivity contribution in [1.82, 2.24) is 0 Å². The van der Waals surface area contributed by atoms with E-state index in [9.17, 15) is 4.79 Å². The van der Waals surface area contributed by atoms with Crippen molar-refractivity contribution in [2.24, 2.45) is 11.3 Å². The smallest absolute Gasteiger partial charge is 0.186 e. The lowest BCUT2D eigenvalue weighted by Gasteiger charge is -2.35. The normalized spacial score (nSPS) is 17.8. The maximum Gasteiger partial charge on any atom is 0.186 e. The fourth-order valence-corrected chi connectivity index (χ4v) is 6.55. The number of carbonyl (C=O) groups excluding carboxylic acids is 1. The van der Waals surface area contributed by atoms with Crippen LogP contribution in [-0.4, -0.2) is 5.78 Å². The van der Waals surface area contributed by atoms with Gasteiger partial charge in [0, 0.05) is 33.4 Å². The number of allylic oxidation sites excluding steroid dienone is 2. The minimum absolute atomic E-state index is 0.0210. The van der Waals surface area contributed by atoms with E-state index in [-0.39, 0.29) is 21.7 Å². The Morgan fingerprint density at radius 3 is 2.54 bits per heavy atom. The minimum atomic E-state index is -0.0210. The first-order chi connectivity index (χ1) is 13.5. The van der Waals surface area contributed by atoms with Gasteiger partial charge in [-0.3, -0.25) is 4.79 Å². The molecule has 0 saturated carbocycles. The van der Waals surface area contributed by atoms with Gasteiger partial charge >= 0.3 is 0 Å². The van der Waals surface area contributed by atoms with E-state index in [4.69, 9.17) is 0 Å². The summed E-state index contributed by atoms with van der Waals surface area (Å²) in [5.74, 6) is 0.873. The summed E-state index contributed by atoms with van der Waals surface area (Å²) in [5, 5.41) is 3.72. The zero-order chi connectivity index (χ0) is 19.7. The van der Waals surface area contributed by atoms with Crippen molar-refractivity contribution in [3.05, 3.63) is 77.2 Å². The number of aryl methyl sites for hydroxylation is 1. The molecule has 0 fully saturated rings. The van der Waals surface area contributed by atoms with Gasteiger partial charge in [-0.05, 0) is 73.9 Å². The summed E-state index contributed by atoms with van der Waals surface area (Å²) in [4.78, 5) is 14.2. The zero-order valence-corrected chi connectivity index (χ0v) is 17.9. The van der Waals surface area contributed by atoms with Crippen molar-refractivity contribution >= 4 is 26.3 Å². The van der Waals surface area contributed by atoms with Crippen LogP contribution in [-0.2, 0) is 0 Å². The van der Waals surface area contributed by atoms with Crippen molar-refractivity contribution in [3.63, 3.8) is 0 Å². The van der Waals surface area contributed by atoms with Crippen molar-refractivity contribution in [2.45, 2.75) is 46.5 Å². The molecule has 2 heteroatoms. The molecule has 1 nitrogen and oxygen atoms in total. The molecule has 1 aliphatic carbocycles. The number of Topliss-reactive ketones (excluding diaryl/α,β-unsaturated/α-hetero) is 1. The fraction of sp³-hybridized carbons (Fsp3) is 0.346. The van der Waals surface area contributed by atoms with Crippen LogP contribution in [0.1, 0.15) is 55.5 Å². The third kappa shape index (κ3) is 3.71. The molecule has 0 aliphatic heterocycles. The molecule has 0 radical (unpaired) electrons. The van der Waals surface area contributed by atoms with E-state index in [1.807, 2.05) is 12.1 Å². The molecule has 1 heterocycles. The van der Waals surface area contributed by atoms with E-state index in [0.29, 0.717) is 12.3 Å². The second kappa shape index (κ2) is 7.67. The third-order valence-corrected chi connectivity index (χ3v) is 8.46. The summed E-state index contributed by atoms with van der Waals surface area (Å²) in [6.45, 7) is 6.70. The predicted molar refractivity (Wildman–Crippen MR) is 122 cm³/mol. The topological polar surface area (TPSA) is 17.1 Å². The monoisotopic (exact) mass is 389 g/mol. The standard InChI is InChI=1S/C26H29OS/c1-19-18-28(25-12-8-7-11-23(19)25)22-15-13-20(14-16-22)24(27)17-26(2,3)21-9-5-4-6-10-21/h4-5,7-8,11-16,18,21H,6,9-10,17H2,1-3H3/q+1. The van der Waals surface area contributed by atoms with E-state index in [1.165, 1.54) is 27.0 Å². The molecule has 2 unspecified atom stereocenters. The molecule has 144 valence electrons. The van der Waals surface area contributed by atoms with E-state index < -0.39 is 0 Å². The molecular weight excluding hydrogens is 360 g/mol. The number of carbonyl (C=O) groups is 1. The van der Waals surface area contributed by atoms with Gasteiger partial charge in [-0.1, -0.05) is 38.1 Å². The van der Waals surface area contributed by atoms with Gasteiger partial charge in [0.1, 0.15) is 5.38 Å². The third-order valence-electron chi connectivity index (χ3n) is 6.26. The number of benzene rings is 2. The summed E-state index contributed by atoms with van der Waals surface area (Å²) in [5.41, 5.74) is 2.24. The van der Waals surface area contributed by atoms with Gasteiger partial charge in [0.15, 0.2) is 15.4 Å². The maximum atomic E-state index is 13.0. The number of ketones is 1. The molecule has 28 heavy (non-hydrogen) atoms. The van der Waals surface area contributed by atoms with Crippen LogP contribution in [0.3, 0.4) is 0 Å². The van der Waals surface area contributed by atoms with Crippen LogP contribution in [0.25, 0.3) is 15.0 Å². The molecule has 4 rings (SSSR count). The molecule has 0 saturated heterocycles. The van der Waals surface area contributed by atoms with E-state index in [0.717, 1.165) is 18.4 Å². The van der Waals surface area contributed by atoms with Gasteiger partial charge in [-0.25, -0.2) is 0 Å². The first kappa shape index (κ1) is 19.1. The number of hydrogen-bond donors (Lipinski definition) is 0. The molecule has 2 atom stereocenters. The highest BCUT2D eigenvalue weighted by Crippen LogP contribution is 2.42. The van der Waals surface area contributed by atoms with Gasteiger partial charge in [0.2, 0.25) is 0 Å². The van der Waals surface area contributed by atoms with Crippen LogP contribution in [0.4, 0.5) is 0 Å². The Morgan fingerprint density at radius 1 is 1.07 bits per heavy atom. The van der Waals surface area contributed by atoms with Crippen molar-refractivity contribution in [1.29, 1.82) is 0 Å². The first-order valence-corrected chi connectivity index (χ1v) is 11.5. The van der Waals surface area contributed by atoms with Crippen molar-refractivity contribution in [3.8, 4) is 4.90 Å². The molecule has 0 spiro atoms. The lowest BCUT2D eigenvalue weighted by atomic mass is 9.70. The molecule has 0 amide bonds. The van der Waals surface area contributed by atoms with Gasteiger partial charge in [-0.15, -0.1) is 0 Å². The Labute approximate surface area is 171 Å². The minimum Gasteiger partial charge on any atom is -0.294 e. The Morgan fingerprint density at radius 2 is 1.82 bits per heavy atom. The van der Waals surface area contributed by atoms with Crippen LogP contribution in [0.5, 0.6) is 0 Å². The second-order valence-corrected chi connectivity index (χ2v) is 10.6. The zero-order valence-electron chi connectivity index (χ0n) is 17.1. The average Bonchev–Trinajstić information content (AvgIpc) is 3.05. The molecule has 0 N–H and O–H groups in total. The largest absolute Gasteiger partial charge is 0.294 e. The fourth-order valence-electron chi connectivity index (χ4n) is 4.43. The quantitative estimate of drug-likeness (QED) is 0.247. The average molecular weight is 390 g/mol. The van der Waals surface area contributed by atoms with Gasteiger partial charge in [0.25, 0.3) is 0 Å². The summed E-state index contributed by atoms with van der Waals surface area (Å²) in [7, 11) is -0.0210. The molecule has 2 aromatic carbocycles. The van der Waals surface area contributed by atoms with Gasteiger partial charge < -0.3 is 0 Å². The van der Waals surface area contributed by atoms with Crippen molar-refractivity contribution < 1.29 is 4.79 Å². The highest BCUT2D eigenvalue weighted by atomic mass is 32.2. The van der Waals surface area contributed by atoms with Crippen LogP contribution in [0, 0.1) is 18.3 Å². The second-order valence-electron chi connectivity index (χ2n) is 8.73. The molecule has 1 aromatic heterocycles. The summed E-state index contributed by atoms with van der Waals surface area (Å²) >= 11 is 0. The predicted octanol–water partition coefficient (Wildman–Crippen LogP) is 7.84. The van der Waals surface area contributed by atoms with E-state index >= 15 is 0 Å². The lowest BCUT2D eigenvalue weighted by Crippen LogP contribution is -2.28. The Hall–Kier alpha value is -2.19. The lowest BCUT2D eigenvalue weighted by molar-refractivity contribution is 0.0868. The summed E-state index contributed by atoms with van der Waals surface area (Å²) in [6.07, 6.45) is 8.62. The highest BCUT2D eigenvalue weighted by molar-refractivity contribution is 7.43. The number of thiophene rings is 1. The van der Waals surface area contributed by atoms with Crippen LogP contribution in [0.2, 0.25) is 0 Å². The number of rotatable bonds is 5. The molecular formula is C26H29OS+. The Balaban J connectivity index is 1.54. The SMILES string of the molecule is Cc1c[s+](-c2ccc(C(=O)CC(C)(C)C3CC=CCC3)cc2)c2ccccc12. The first-order valence-electron chi connectivity index (χ1n) is 10.2. The number of hydrogen-bond acceptors (Lipinski definition) is 1. The Kier molecular flexibility index (Phi) is 5.25. The van der Waals surface area contributed by atoms with Crippen LogP contribution >= 0.6 is 10.5 Å². The highest BCUT2D eigenvalue weighted by Gasteiger charge is 2.32. The van der Waals surface area contributed by atoms with E-state index in [2.05, 4.69) is 74.7 Å². The summed E-state index contributed by atoms with van der Waals surface area (Å²) < 4.78 is 1.39. The van der Waals surface area contributed by atoms with Crippen LogP contribution < -0.4 is 0 Å². The molecule has 3 aromatic rings. The number of fused-ring (bicyclic) bond motifs is 1. The Bertz CT molecular complexity index is 1020. The molecule has 1 aliphatic rings. The van der Waals surface area contributed by atoms with Crippen LogP contribution in [0.15, 0.2) is 66.1 Å². The van der Waals surface area contributed by atoms with Crippen molar-refractivity contribution in [2.75, 3.05) is 0 Å². The summed E-state index contributed by atoms with van der Waals surface area (Å²) in [6, 6.07) is 17.0. The van der Waals surface area contributed by atoms with E-state index in [1.54, 1.807) is 0 Å².